The Labute approximate surface area is 165 Å². The van der Waals surface area contributed by atoms with Crippen LogP contribution in [0.3, 0.4) is 0 Å². The lowest BCUT2D eigenvalue weighted by Gasteiger charge is -2.19. The molecule has 2 atom stereocenters. The highest BCUT2D eigenvalue weighted by Gasteiger charge is 2.23. The molecule has 27 heavy (non-hydrogen) atoms. The highest BCUT2D eigenvalue weighted by atomic mass is 35.5. The fraction of sp³-hybridized carbons (Fsp3) is 0.381. The number of halogens is 1. The van der Waals surface area contributed by atoms with Crippen molar-refractivity contribution in [1.82, 2.24) is 0 Å². The molecule has 1 aliphatic heterocycles. The summed E-state index contributed by atoms with van der Waals surface area (Å²) in [6, 6.07) is 8.89. The Kier molecular flexibility index (Phi) is 5.80. The van der Waals surface area contributed by atoms with Gasteiger partial charge in [0, 0.05) is 28.8 Å². The first-order chi connectivity index (χ1) is 12.9. The van der Waals surface area contributed by atoms with Gasteiger partial charge in [-0.15, -0.1) is 0 Å². The van der Waals surface area contributed by atoms with E-state index in [1.165, 1.54) is 0 Å². The van der Waals surface area contributed by atoms with E-state index in [-0.39, 0.29) is 12.0 Å². The Bertz CT molecular complexity index is 854. The zero-order valence-corrected chi connectivity index (χ0v) is 16.8. The van der Waals surface area contributed by atoms with Gasteiger partial charge in [-0.3, -0.25) is 4.79 Å². The van der Waals surface area contributed by atoms with Crippen LogP contribution in [0.2, 0.25) is 5.02 Å². The minimum Gasteiger partial charge on any atom is -0.492 e. The summed E-state index contributed by atoms with van der Waals surface area (Å²) in [5.74, 6) is 1.41. The lowest BCUT2D eigenvalue weighted by atomic mass is 10.1. The Morgan fingerprint density at radius 2 is 2.15 bits per heavy atom. The van der Waals surface area contributed by atoms with E-state index < -0.39 is 6.04 Å². The van der Waals surface area contributed by atoms with E-state index in [0.717, 1.165) is 34.7 Å². The molecule has 6 heteroatoms. The summed E-state index contributed by atoms with van der Waals surface area (Å²) >= 11 is 6.13. The molecule has 5 nitrogen and oxygen atoms in total. The minimum atomic E-state index is -0.473. The third kappa shape index (κ3) is 4.30. The van der Waals surface area contributed by atoms with Crippen LogP contribution in [0.1, 0.15) is 31.9 Å². The number of rotatable bonds is 6. The zero-order chi connectivity index (χ0) is 19.6. The van der Waals surface area contributed by atoms with Gasteiger partial charge in [-0.25, -0.2) is 0 Å². The Hall–Kier alpha value is -2.40. The Balaban J connectivity index is 1.76. The van der Waals surface area contributed by atoms with Crippen LogP contribution in [0.15, 0.2) is 30.3 Å². The molecule has 2 aromatic rings. The molecule has 0 saturated carbocycles. The van der Waals surface area contributed by atoms with Crippen molar-refractivity contribution < 1.29 is 14.3 Å². The van der Waals surface area contributed by atoms with E-state index in [1.807, 2.05) is 52.0 Å². The minimum absolute atomic E-state index is 0.149. The predicted octanol–water partition coefficient (Wildman–Crippen LogP) is 4.81. The second kappa shape index (κ2) is 8.09. The molecule has 0 saturated heterocycles. The van der Waals surface area contributed by atoms with Crippen molar-refractivity contribution in [3.63, 3.8) is 0 Å². The van der Waals surface area contributed by atoms with Crippen molar-refractivity contribution in [1.29, 1.82) is 0 Å². The molecule has 144 valence electrons. The number of nitrogens with one attached hydrogen (secondary N) is 2. The molecular formula is C21H25ClN2O3. The molecule has 3 rings (SSSR count). The molecule has 0 radical (unpaired) electrons. The van der Waals surface area contributed by atoms with Crippen LogP contribution in [0.4, 0.5) is 11.4 Å². The predicted molar refractivity (Wildman–Crippen MR) is 109 cm³/mol. The summed E-state index contributed by atoms with van der Waals surface area (Å²) in [4.78, 5) is 12.6. The molecule has 0 unspecified atom stereocenters. The number of anilines is 2. The molecule has 0 spiro atoms. The van der Waals surface area contributed by atoms with Crippen LogP contribution < -0.4 is 20.1 Å². The standard InChI is InChI=1S/C21H25ClN2O3/c1-5-26-20-10-15-9-12(2)27-19(15)11-18(20)23-14(4)21(25)24-17-8-6-7-16(22)13(17)3/h6-8,10-12,14,23H,5,9H2,1-4H3,(H,24,25)/t12-,14-/m0/s1. The summed E-state index contributed by atoms with van der Waals surface area (Å²) < 4.78 is 11.6. The molecule has 1 amide bonds. The first-order valence-electron chi connectivity index (χ1n) is 9.18. The monoisotopic (exact) mass is 388 g/mol. The van der Waals surface area contributed by atoms with Gasteiger partial charge in [-0.1, -0.05) is 17.7 Å². The van der Waals surface area contributed by atoms with Gasteiger partial charge in [0.2, 0.25) is 5.91 Å². The van der Waals surface area contributed by atoms with Crippen molar-refractivity contribution in [2.75, 3.05) is 17.2 Å². The number of ether oxygens (including phenoxy) is 2. The second-order valence-corrected chi connectivity index (χ2v) is 7.20. The third-order valence-corrected chi connectivity index (χ3v) is 5.00. The quantitative estimate of drug-likeness (QED) is 0.745. The summed E-state index contributed by atoms with van der Waals surface area (Å²) in [6.07, 6.45) is 1.01. The largest absolute Gasteiger partial charge is 0.492 e. The molecule has 1 heterocycles. The fourth-order valence-electron chi connectivity index (χ4n) is 3.11. The van der Waals surface area contributed by atoms with Crippen molar-refractivity contribution in [3.8, 4) is 11.5 Å². The topological polar surface area (TPSA) is 59.6 Å². The summed E-state index contributed by atoms with van der Waals surface area (Å²) in [5.41, 5.74) is 3.42. The lowest BCUT2D eigenvalue weighted by Crippen LogP contribution is -2.32. The SMILES string of the molecule is CCOc1cc2c(cc1N[C@@H](C)C(=O)Nc1cccc(Cl)c1C)O[C@@H](C)C2. The van der Waals surface area contributed by atoms with Gasteiger partial charge >= 0.3 is 0 Å². The fourth-order valence-corrected chi connectivity index (χ4v) is 3.28. The van der Waals surface area contributed by atoms with Crippen molar-refractivity contribution in [2.45, 2.75) is 46.3 Å². The lowest BCUT2D eigenvalue weighted by molar-refractivity contribution is -0.116. The number of hydrogen-bond donors (Lipinski definition) is 2. The van der Waals surface area contributed by atoms with Crippen LogP contribution >= 0.6 is 11.6 Å². The molecule has 1 aliphatic rings. The molecule has 0 bridgehead atoms. The van der Waals surface area contributed by atoms with Crippen LogP contribution in [-0.2, 0) is 11.2 Å². The van der Waals surface area contributed by atoms with Gasteiger partial charge in [0.05, 0.1) is 12.3 Å². The van der Waals surface area contributed by atoms with Crippen molar-refractivity contribution in [3.05, 3.63) is 46.5 Å². The van der Waals surface area contributed by atoms with Gasteiger partial charge < -0.3 is 20.1 Å². The van der Waals surface area contributed by atoms with E-state index in [2.05, 4.69) is 10.6 Å². The van der Waals surface area contributed by atoms with Crippen LogP contribution in [0.25, 0.3) is 0 Å². The maximum Gasteiger partial charge on any atom is 0.246 e. The summed E-state index contributed by atoms with van der Waals surface area (Å²) in [7, 11) is 0. The van der Waals surface area contributed by atoms with Crippen LogP contribution in [-0.4, -0.2) is 24.7 Å². The number of carbonyl (C=O) groups is 1. The maximum atomic E-state index is 12.6. The Morgan fingerprint density at radius 3 is 2.89 bits per heavy atom. The normalized spacial score (nSPS) is 16.3. The average molecular weight is 389 g/mol. The van der Waals surface area contributed by atoms with Crippen molar-refractivity contribution in [2.24, 2.45) is 0 Å². The number of fused-ring (bicyclic) bond motifs is 1. The van der Waals surface area contributed by atoms with Gasteiger partial charge in [0.25, 0.3) is 0 Å². The molecule has 0 fully saturated rings. The van der Waals surface area contributed by atoms with Gasteiger partial charge in [0.1, 0.15) is 23.6 Å². The summed E-state index contributed by atoms with van der Waals surface area (Å²) in [6.45, 7) is 8.21. The molecular weight excluding hydrogens is 364 g/mol. The van der Waals surface area contributed by atoms with E-state index in [4.69, 9.17) is 21.1 Å². The second-order valence-electron chi connectivity index (χ2n) is 6.79. The highest BCUT2D eigenvalue weighted by molar-refractivity contribution is 6.31. The smallest absolute Gasteiger partial charge is 0.246 e. The van der Waals surface area contributed by atoms with Crippen molar-refractivity contribution >= 4 is 28.9 Å². The van der Waals surface area contributed by atoms with Crippen LogP contribution in [0, 0.1) is 6.92 Å². The molecule has 2 N–H and O–H groups in total. The maximum absolute atomic E-state index is 12.6. The van der Waals surface area contributed by atoms with Gasteiger partial charge in [0.15, 0.2) is 0 Å². The summed E-state index contributed by atoms with van der Waals surface area (Å²) in [5, 5.41) is 6.79. The molecule has 0 aliphatic carbocycles. The molecule has 0 aromatic heterocycles. The highest BCUT2D eigenvalue weighted by Crippen LogP contribution is 2.38. The van der Waals surface area contributed by atoms with E-state index in [0.29, 0.717) is 17.3 Å². The zero-order valence-electron chi connectivity index (χ0n) is 16.1. The number of amides is 1. The molecule has 2 aromatic carbocycles. The third-order valence-electron chi connectivity index (χ3n) is 4.59. The van der Waals surface area contributed by atoms with E-state index in [9.17, 15) is 4.79 Å². The number of benzene rings is 2. The van der Waals surface area contributed by atoms with Gasteiger partial charge in [-0.2, -0.15) is 0 Å². The van der Waals surface area contributed by atoms with E-state index in [1.54, 1.807) is 6.07 Å². The Morgan fingerprint density at radius 1 is 1.37 bits per heavy atom. The van der Waals surface area contributed by atoms with E-state index >= 15 is 0 Å². The average Bonchev–Trinajstić information content (AvgIpc) is 2.98. The van der Waals surface area contributed by atoms with Crippen LogP contribution in [0.5, 0.6) is 11.5 Å². The first kappa shape index (κ1) is 19.4. The number of hydrogen-bond acceptors (Lipinski definition) is 4. The van der Waals surface area contributed by atoms with Gasteiger partial charge in [-0.05, 0) is 51.5 Å². The number of carbonyl (C=O) groups excluding carboxylic acids is 1. The first-order valence-corrected chi connectivity index (χ1v) is 9.55.